The zero-order chi connectivity index (χ0) is 60.4. The molecule has 0 unspecified atom stereocenters. The van der Waals surface area contributed by atoms with Crippen LogP contribution in [0.15, 0.2) is 328 Å². The van der Waals surface area contributed by atoms with Crippen molar-refractivity contribution in [3.63, 3.8) is 0 Å². The van der Waals surface area contributed by atoms with E-state index in [9.17, 15) is 0 Å². The molecule has 91 heavy (non-hydrogen) atoms. The Balaban J connectivity index is 0.836. The maximum absolute atomic E-state index is 2.60. The van der Waals surface area contributed by atoms with Crippen LogP contribution < -0.4 is 9.80 Å². The monoisotopic (exact) mass is 1180 g/mol. The molecule has 18 rings (SSSR count). The Labute approximate surface area is 535 Å². The lowest BCUT2D eigenvalue weighted by molar-refractivity contribution is 0.660. The smallest absolute Gasteiger partial charge is 0.0726 e. The van der Waals surface area contributed by atoms with Crippen LogP contribution in [-0.4, -0.2) is 0 Å². The zero-order valence-electron chi connectivity index (χ0n) is 50.5. The van der Waals surface area contributed by atoms with Crippen molar-refractivity contribution in [2.24, 2.45) is 0 Å². The number of anilines is 6. The van der Waals surface area contributed by atoms with Gasteiger partial charge < -0.3 is 9.80 Å². The van der Waals surface area contributed by atoms with Crippen molar-refractivity contribution in [3.8, 4) is 77.9 Å². The van der Waals surface area contributed by atoms with Gasteiger partial charge in [-0.1, -0.05) is 257 Å². The Hall–Kier alpha value is -11.1. The lowest BCUT2D eigenvalue weighted by Crippen LogP contribution is -2.26. The molecule has 0 aliphatic heterocycles. The van der Waals surface area contributed by atoms with Gasteiger partial charge in [-0.25, -0.2) is 0 Å². The Bertz CT molecular complexity index is 5210. The first-order valence-corrected chi connectivity index (χ1v) is 32.4. The molecule has 428 valence electrons. The summed E-state index contributed by atoms with van der Waals surface area (Å²) in [6.45, 7) is 4.77. The quantitative estimate of drug-likeness (QED) is 0.135. The largest absolute Gasteiger partial charge is 0.311 e. The SMILES string of the molecule is CC1(C)c2ccccc2-c2ccc(N(c3ccc(-c4ccccc4)cc3)c3ccc4c(c3)C3(c5ccccc5-c5ccccc53)c3cc(-c5ccc(N(c6ccc(-c7ccccc7)cc6)c6ccc(-c7ccccc7)cc6)cc5)c5sc6ccccc6c5c3-4)cc21. The molecule has 0 fully saturated rings. The second-order valence-electron chi connectivity index (χ2n) is 25.1. The predicted molar refractivity (Wildman–Crippen MR) is 384 cm³/mol. The zero-order valence-corrected chi connectivity index (χ0v) is 51.3. The molecule has 2 nitrogen and oxygen atoms in total. The normalized spacial score (nSPS) is 13.3. The first-order valence-electron chi connectivity index (χ1n) is 31.6. The first-order chi connectivity index (χ1) is 44.9. The van der Waals surface area contributed by atoms with Crippen LogP contribution in [0.4, 0.5) is 34.1 Å². The van der Waals surface area contributed by atoms with E-state index in [-0.39, 0.29) is 5.41 Å². The van der Waals surface area contributed by atoms with E-state index in [2.05, 4.69) is 351 Å². The summed E-state index contributed by atoms with van der Waals surface area (Å²) in [4.78, 5) is 4.91. The van der Waals surface area contributed by atoms with Crippen LogP contribution in [0.3, 0.4) is 0 Å². The molecule has 1 spiro atoms. The third-order valence-corrected chi connectivity index (χ3v) is 21.1. The second-order valence-corrected chi connectivity index (χ2v) is 26.1. The van der Waals surface area contributed by atoms with Crippen LogP contribution in [0.2, 0.25) is 0 Å². The number of hydrogen-bond donors (Lipinski definition) is 0. The highest BCUT2D eigenvalue weighted by Gasteiger charge is 2.53. The molecule has 14 aromatic carbocycles. The third kappa shape index (κ3) is 8.18. The summed E-state index contributed by atoms with van der Waals surface area (Å²) in [7, 11) is 0. The third-order valence-electron chi connectivity index (χ3n) is 19.9. The summed E-state index contributed by atoms with van der Waals surface area (Å²) >= 11 is 1.92. The number of hydrogen-bond acceptors (Lipinski definition) is 3. The molecule has 3 aliphatic carbocycles. The molecule has 1 aromatic heterocycles. The fourth-order valence-electron chi connectivity index (χ4n) is 15.7. The number of thiophene rings is 1. The van der Waals surface area contributed by atoms with Gasteiger partial charge in [0.1, 0.15) is 0 Å². The van der Waals surface area contributed by atoms with Gasteiger partial charge in [-0.15, -0.1) is 11.3 Å². The van der Waals surface area contributed by atoms with Crippen LogP contribution in [0.1, 0.15) is 47.2 Å². The van der Waals surface area contributed by atoms with Gasteiger partial charge in [0.25, 0.3) is 0 Å². The van der Waals surface area contributed by atoms with Gasteiger partial charge in [-0.2, -0.15) is 0 Å². The van der Waals surface area contributed by atoms with Crippen molar-refractivity contribution in [2.75, 3.05) is 9.80 Å². The number of benzene rings is 14. The highest BCUT2D eigenvalue weighted by molar-refractivity contribution is 7.26. The van der Waals surface area contributed by atoms with E-state index in [1.807, 2.05) is 11.3 Å². The summed E-state index contributed by atoms with van der Waals surface area (Å²) in [5.74, 6) is 0. The van der Waals surface area contributed by atoms with Gasteiger partial charge in [-0.3, -0.25) is 0 Å². The van der Waals surface area contributed by atoms with Gasteiger partial charge in [0.05, 0.1) is 5.41 Å². The molecule has 15 aromatic rings. The highest BCUT2D eigenvalue weighted by Crippen LogP contribution is 2.66. The first kappa shape index (κ1) is 53.0. The van der Waals surface area contributed by atoms with Crippen LogP contribution in [0.25, 0.3) is 98.1 Å². The van der Waals surface area contributed by atoms with Crippen molar-refractivity contribution in [1.29, 1.82) is 0 Å². The van der Waals surface area contributed by atoms with Gasteiger partial charge in [0.2, 0.25) is 0 Å². The predicted octanol–water partition coefficient (Wildman–Crippen LogP) is 24.3. The Morgan fingerprint density at radius 3 is 1.12 bits per heavy atom. The molecule has 0 N–H and O–H groups in total. The topological polar surface area (TPSA) is 6.48 Å². The summed E-state index contributed by atoms with van der Waals surface area (Å²) in [5, 5.41) is 2.60. The molecule has 0 atom stereocenters. The number of fused-ring (bicyclic) bond motifs is 17. The Morgan fingerprint density at radius 2 is 0.615 bits per heavy atom. The molecular weight excluding hydrogens is 1120 g/mol. The molecular formula is C88H60N2S. The fourth-order valence-corrected chi connectivity index (χ4v) is 16.9. The van der Waals surface area contributed by atoms with E-state index in [1.165, 1.54) is 131 Å². The van der Waals surface area contributed by atoms with E-state index in [0.29, 0.717) is 0 Å². The van der Waals surface area contributed by atoms with Gasteiger partial charge in [0.15, 0.2) is 0 Å². The van der Waals surface area contributed by atoms with Crippen LogP contribution >= 0.6 is 11.3 Å². The van der Waals surface area contributed by atoms with E-state index >= 15 is 0 Å². The number of nitrogens with zero attached hydrogens (tertiary/aromatic N) is 2. The van der Waals surface area contributed by atoms with Gasteiger partial charge >= 0.3 is 0 Å². The number of rotatable bonds is 10. The Kier molecular flexibility index (Phi) is 12.1. The maximum Gasteiger partial charge on any atom is 0.0726 e. The average molecular weight is 1180 g/mol. The van der Waals surface area contributed by atoms with E-state index in [4.69, 9.17) is 0 Å². The van der Waals surface area contributed by atoms with Crippen LogP contribution in [0.5, 0.6) is 0 Å². The minimum Gasteiger partial charge on any atom is -0.311 e. The van der Waals surface area contributed by atoms with Crippen molar-refractivity contribution in [1.82, 2.24) is 0 Å². The van der Waals surface area contributed by atoms with Crippen molar-refractivity contribution in [2.45, 2.75) is 24.7 Å². The fraction of sp³-hybridized carbons (Fsp3) is 0.0455. The highest BCUT2D eigenvalue weighted by atomic mass is 32.1. The molecule has 0 amide bonds. The summed E-state index contributed by atoms with van der Waals surface area (Å²) in [6.07, 6.45) is 0. The average Bonchev–Trinajstić information content (AvgIpc) is 1.50. The van der Waals surface area contributed by atoms with Gasteiger partial charge in [-0.05, 0) is 196 Å². The van der Waals surface area contributed by atoms with Gasteiger partial charge in [0, 0.05) is 59.7 Å². The van der Waals surface area contributed by atoms with E-state index in [1.54, 1.807) is 0 Å². The van der Waals surface area contributed by atoms with E-state index < -0.39 is 5.41 Å². The van der Waals surface area contributed by atoms with Crippen LogP contribution in [-0.2, 0) is 10.8 Å². The Morgan fingerprint density at radius 1 is 0.253 bits per heavy atom. The van der Waals surface area contributed by atoms with Crippen LogP contribution in [0, 0.1) is 0 Å². The molecule has 0 saturated heterocycles. The van der Waals surface area contributed by atoms with E-state index in [0.717, 1.165) is 34.1 Å². The second kappa shape index (κ2) is 20.8. The molecule has 0 saturated carbocycles. The molecule has 0 radical (unpaired) electrons. The lowest BCUT2D eigenvalue weighted by Gasteiger charge is -2.33. The summed E-state index contributed by atoms with van der Waals surface area (Å²) < 4.78 is 2.58. The molecule has 0 bridgehead atoms. The summed E-state index contributed by atoms with van der Waals surface area (Å²) in [6, 6.07) is 122. The molecule has 3 heteroatoms. The standard InChI is InChI=1S/C88H60N2S/c1-87(2)77-30-16-12-26-70(77)73-52-50-68(54-80(73)87)90(67-46-38-62(39-47-67)59-24-10-5-11-25-59)69-51-53-74-81(55-69)88(78-31-17-13-27-71(78)72-28-14-18-32-79(72)88)82-56-76(86-85(84(74)82)75-29-15-19-33-83(75)91-86)63-40-48-66(49-41-63)89(64-42-34-60(35-43-64)57-20-6-3-7-21-57)65-44-36-61(37-45-65)58-22-8-4-9-23-58/h3-56H,1-2H3. The summed E-state index contributed by atoms with van der Waals surface area (Å²) in [5.41, 5.74) is 31.1. The minimum atomic E-state index is -0.654. The molecule has 3 aliphatic rings. The van der Waals surface area contributed by atoms with Crippen molar-refractivity contribution >= 4 is 65.6 Å². The maximum atomic E-state index is 2.60. The molecule has 1 heterocycles. The van der Waals surface area contributed by atoms with Crippen molar-refractivity contribution < 1.29 is 0 Å². The van der Waals surface area contributed by atoms with Crippen molar-refractivity contribution in [3.05, 3.63) is 361 Å². The lowest BCUT2D eigenvalue weighted by atomic mass is 9.70. The minimum absolute atomic E-state index is 0.179.